The zero-order valence-electron chi connectivity index (χ0n) is 13.3. The van der Waals surface area contributed by atoms with Gasteiger partial charge < -0.3 is 10.1 Å². The number of anilines is 1. The summed E-state index contributed by atoms with van der Waals surface area (Å²) in [5, 5.41) is 7.68. The molecule has 2 heterocycles. The largest absolute Gasteiger partial charge is 0.573 e. The first-order valence-electron chi connectivity index (χ1n) is 7.89. The van der Waals surface area contributed by atoms with Crippen molar-refractivity contribution in [2.45, 2.75) is 12.8 Å². The molecule has 0 spiro atoms. The number of fused-ring (bicyclic) bond motifs is 1. The third-order valence-electron chi connectivity index (χ3n) is 4.09. The highest BCUT2D eigenvalue weighted by atomic mass is 19.4. The molecule has 1 aliphatic heterocycles. The van der Waals surface area contributed by atoms with Gasteiger partial charge in [0.05, 0.1) is 5.69 Å². The van der Waals surface area contributed by atoms with E-state index in [2.05, 4.69) is 15.2 Å². The fourth-order valence-electron chi connectivity index (χ4n) is 3.02. The van der Waals surface area contributed by atoms with Crippen molar-refractivity contribution in [2.75, 3.05) is 11.9 Å². The molecule has 134 valence electrons. The van der Waals surface area contributed by atoms with E-state index in [0.717, 1.165) is 5.56 Å². The minimum absolute atomic E-state index is 0.313. The lowest BCUT2D eigenvalue weighted by atomic mass is 10.1. The molecular weight excluding hydrogens is 350 g/mol. The standard InChI is InChI=1S/C18H13F4N3O/c19-15-4-2-1-3-13(15)16-14-9-10-23-17(14)25(24-16)11-5-7-12(8-6-11)26-18(20,21)22/h1-8,23H,9-10H2. The monoisotopic (exact) mass is 363 g/mol. The van der Waals surface area contributed by atoms with Crippen LogP contribution in [-0.2, 0) is 6.42 Å². The molecule has 2 aromatic carbocycles. The fraction of sp³-hybridized carbons (Fsp3) is 0.167. The molecule has 0 bridgehead atoms. The summed E-state index contributed by atoms with van der Waals surface area (Å²) < 4.78 is 56.5. The molecule has 1 aromatic heterocycles. The molecule has 0 saturated carbocycles. The molecule has 0 radical (unpaired) electrons. The average molecular weight is 363 g/mol. The molecule has 26 heavy (non-hydrogen) atoms. The van der Waals surface area contributed by atoms with Crippen molar-refractivity contribution in [3.63, 3.8) is 0 Å². The molecule has 1 N–H and O–H groups in total. The number of benzene rings is 2. The molecule has 0 amide bonds. The van der Waals surface area contributed by atoms with Crippen LogP contribution in [0, 0.1) is 5.82 Å². The zero-order chi connectivity index (χ0) is 18.3. The number of hydrogen-bond acceptors (Lipinski definition) is 3. The van der Waals surface area contributed by atoms with Crippen LogP contribution in [0.15, 0.2) is 48.5 Å². The number of halogens is 4. The number of hydrogen-bond donors (Lipinski definition) is 1. The number of nitrogens with one attached hydrogen (secondary N) is 1. The van der Waals surface area contributed by atoms with E-state index in [9.17, 15) is 17.6 Å². The highest BCUT2D eigenvalue weighted by Gasteiger charge is 2.31. The molecule has 0 unspecified atom stereocenters. The number of ether oxygens (including phenoxy) is 1. The summed E-state index contributed by atoms with van der Waals surface area (Å²) in [6.07, 6.45) is -4.05. The molecular formula is C18H13F4N3O. The highest BCUT2D eigenvalue weighted by Crippen LogP contribution is 2.36. The summed E-state index contributed by atoms with van der Waals surface area (Å²) in [6, 6.07) is 11.7. The highest BCUT2D eigenvalue weighted by molar-refractivity contribution is 5.73. The van der Waals surface area contributed by atoms with E-state index >= 15 is 0 Å². The topological polar surface area (TPSA) is 39.1 Å². The van der Waals surface area contributed by atoms with Crippen molar-refractivity contribution in [3.8, 4) is 22.7 Å². The summed E-state index contributed by atoms with van der Waals surface area (Å²) >= 11 is 0. The maximum atomic E-state index is 14.2. The lowest BCUT2D eigenvalue weighted by molar-refractivity contribution is -0.274. The predicted octanol–water partition coefficient (Wildman–Crippen LogP) is 4.55. The summed E-state index contributed by atoms with van der Waals surface area (Å²) in [7, 11) is 0. The Labute approximate surface area is 146 Å². The van der Waals surface area contributed by atoms with Gasteiger partial charge in [0.15, 0.2) is 0 Å². The van der Waals surface area contributed by atoms with Gasteiger partial charge in [-0.25, -0.2) is 9.07 Å². The summed E-state index contributed by atoms with van der Waals surface area (Å²) in [5.41, 5.74) is 2.35. The Morgan fingerprint density at radius 1 is 1.04 bits per heavy atom. The Hall–Kier alpha value is -3.03. The third kappa shape index (κ3) is 2.98. The van der Waals surface area contributed by atoms with Gasteiger partial charge in [-0.1, -0.05) is 12.1 Å². The van der Waals surface area contributed by atoms with E-state index in [0.29, 0.717) is 35.7 Å². The van der Waals surface area contributed by atoms with Crippen LogP contribution in [0.25, 0.3) is 16.9 Å². The minimum Gasteiger partial charge on any atom is -0.406 e. The Bertz CT molecular complexity index is 948. The first-order valence-corrected chi connectivity index (χ1v) is 7.89. The second-order valence-electron chi connectivity index (χ2n) is 5.79. The van der Waals surface area contributed by atoms with Crippen LogP contribution in [0.1, 0.15) is 5.56 Å². The quantitative estimate of drug-likeness (QED) is 0.694. The van der Waals surface area contributed by atoms with E-state index in [4.69, 9.17) is 0 Å². The molecule has 1 aliphatic rings. The normalized spacial score (nSPS) is 13.4. The van der Waals surface area contributed by atoms with E-state index in [1.54, 1.807) is 22.9 Å². The van der Waals surface area contributed by atoms with Gasteiger partial charge in [0.2, 0.25) is 0 Å². The number of aromatic nitrogens is 2. The Kier molecular flexibility index (Phi) is 3.82. The van der Waals surface area contributed by atoms with Gasteiger partial charge in [-0.2, -0.15) is 5.10 Å². The second-order valence-corrected chi connectivity index (χ2v) is 5.79. The van der Waals surface area contributed by atoms with Gasteiger partial charge in [0, 0.05) is 17.7 Å². The van der Waals surface area contributed by atoms with Gasteiger partial charge in [0.1, 0.15) is 23.1 Å². The molecule has 3 aromatic rings. The van der Waals surface area contributed by atoms with Gasteiger partial charge in [-0.05, 0) is 42.8 Å². The van der Waals surface area contributed by atoms with Crippen molar-refractivity contribution >= 4 is 5.82 Å². The van der Waals surface area contributed by atoms with E-state index in [1.807, 2.05) is 0 Å². The van der Waals surface area contributed by atoms with Gasteiger partial charge in [-0.3, -0.25) is 0 Å². The SMILES string of the molecule is Fc1ccccc1-c1nn(-c2ccc(OC(F)(F)F)cc2)c2c1CCN2. The van der Waals surface area contributed by atoms with Crippen LogP contribution in [0.2, 0.25) is 0 Å². The fourth-order valence-corrected chi connectivity index (χ4v) is 3.02. The molecule has 4 rings (SSSR count). The molecule has 0 atom stereocenters. The van der Waals surface area contributed by atoms with Crippen molar-refractivity contribution in [3.05, 3.63) is 59.9 Å². The summed E-state index contributed by atoms with van der Waals surface area (Å²) in [6.45, 7) is 0.684. The lowest BCUT2D eigenvalue weighted by Crippen LogP contribution is -2.17. The molecule has 8 heteroatoms. The zero-order valence-corrected chi connectivity index (χ0v) is 13.3. The van der Waals surface area contributed by atoms with Gasteiger partial charge in [0.25, 0.3) is 0 Å². The summed E-state index contributed by atoms with van der Waals surface area (Å²) in [4.78, 5) is 0. The van der Waals surface area contributed by atoms with Crippen molar-refractivity contribution in [1.82, 2.24) is 9.78 Å². The van der Waals surface area contributed by atoms with Crippen molar-refractivity contribution in [2.24, 2.45) is 0 Å². The molecule has 0 aliphatic carbocycles. The average Bonchev–Trinajstić information content (AvgIpc) is 3.17. The van der Waals surface area contributed by atoms with Crippen LogP contribution in [-0.4, -0.2) is 22.7 Å². The molecule has 0 fully saturated rings. The Morgan fingerprint density at radius 3 is 2.46 bits per heavy atom. The minimum atomic E-state index is -4.74. The van der Waals surface area contributed by atoms with E-state index in [-0.39, 0.29) is 11.6 Å². The molecule has 0 saturated heterocycles. The van der Waals surface area contributed by atoms with Crippen LogP contribution < -0.4 is 10.1 Å². The van der Waals surface area contributed by atoms with Crippen molar-refractivity contribution in [1.29, 1.82) is 0 Å². The van der Waals surface area contributed by atoms with Crippen LogP contribution in [0.3, 0.4) is 0 Å². The Balaban J connectivity index is 1.74. The number of nitrogens with zero attached hydrogens (tertiary/aromatic N) is 2. The van der Waals surface area contributed by atoms with Gasteiger partial charge >= 0.3 is 6.36 Å². The third-order valence-corrected chi connectivity index (χ3v) is 4.09. The van der Waals surface area contributed by atoms with Crippen LogP contribution in [0.4, 0.5) is 23.4 Å². The summed E-state index contributed by atoms with van der Waals surface area (Å²) in [5.74, 6) is 0.0286. The number of rotatable bonds is 3. The number of alkyl halides is 3. The Morgan fingerprint density at radius 2 is 1.77 bits per heavy atom. The maximum absolute atomic E-state index is 14.2. The molecule has 4 nitrogen and oxygen atoms in total. The first-order chi connectivity index (χ1) is 12.4. The van der Waals surface area contributed by atoms with Gasteiger partial charge in [-0.15, -0.1) is 13.2 Å². The predicted molar refractivity (Wildman–Crippen MR) is 87.8 cm³/mol. The smallest absolute Gasteiger partial charge is 0.406 e. The van der Waals surface area contributed by atoms with Crippen LogP contribution in [0.5, 0.6) is 5.75 Å². The second kappa shape index (κ2) is 6.05. The van der Waals surface area contributed by atoms with E-state index < -0.39 is 6.36 Å². The van der Waals surface area contributed by atoms with Crippen LogP contribution >= 0.6 is 0 Å². The van der Waals surface area contributed by atoms with E-state index in [1.165, 1.54) is 30.3 Å². The van der Waals surface area contributed by atoms with Crippen molar-refractivity contribution < 1.29 is 22.3 Å². The lowest BCUT2D eigenvalue weighted by Gasteiger charge is -2.10. The maximum Gasteiger partial charge on any atom is 0.573 e. The first kappa shape index (κ1) is 16.4.